The second-order valence-corrected chi connectivity index (χ2v) is 6.28. The molecule has 0 spiro atoms. The lowest BCUT2D eigenvalue weighted by molar-refractivity contribution is 0.103. The lowest BCUT2D eigenvalue weighted by Gasteiger charge is -2.12. The van der Waals surface area contributed by atoms with Crippen molar-refractivity contribution >= 4 is 23.1 Å². The van der Waals surface area contributed by atoms with Gasteiger partial charge >= 0.3 is 0 Å². The van der Waals surface area contributed by atoms with Crippen LogP contribution in [-0.2, 0) is 13.0 Å². The number of rotatable bonds is 6. The van der Waals surface area contributed by atoms with Crippen molar-refractivity contribution in [1.82, 2.24) is 0 Å². The number of halogens is 1. The molecular formula is C22H20ClNO. The summed E-state index contributed by atoms with van der Waals surface area (Å²) in [5, 5.41) is 4.05. The Morgan fingerprint density at radius 1 is 0.920 bits per heavy atom. The summed E-state index contributed by atoms with van der Waals surface area (Å²) in [6.45, 7) is 2.67. The smallest absolute Gasteiger partial charge is 0.195 e. The Morgan fingerprint density at radius 2 is 1.60 bits per heavy atom. The first-order valence-electron chi connectivity index (χ1n) is 8.39. The molecule has 3 heteroatoms. The van der Waals surface area contributed by atoms with E-state index in [0.717, 1.165) is 17.7 Å². The fourth-order valence-corrected chi connectivity index (χ4v) is 2.92. The fraction of sp³-hybridized carbons (Fsp3) is 0.136. The molecule has 2 nitrogen and oxygen atoms in total. The van der Waals surface area contributed by atoms with E-state index in [-0.39, 0.29) is 5.78 Å². The predicted octanol–water partition coefficient (Wildman–Crippen LogP) is 5.75. The third kappa shape index (κ3) is 4.09. The van der Waals surface area contributed by atoms with Gasteiger partial charge in [-0.3, -0.25) is 4.79 Å². The van der Waals surface area contributed by atoms with Crippen molar-refractivity contribution < 1.29 is 4.79 Å². The van der Waals surface area contributed by atoms with Gasteiger partial charge in [0.2, 0.25) is 0 Å². The lowest BCUT2D eigenvalue weighted by atomic mass is 10.00. The number of hydrogen-bond acceptors (Lipinski definition) is 2. The monoisotopic (exact) mass is 349 g/mol. The summed E-state index contributed by atoms with van der Waals surface area (Å²) in [5.41, 5.74) is 4.40. The number of carbonyl (C=O) groups is 1. The van der Waals surface area contributed by atoms with Crippen molar-refractivity contribution in [3.63, 3.8) is 0 Å². The highest BCUT2D eigenvalue weighted by molar-refractivity contribution is 6.31. The molecule has 0 saturated heterocycles. The maximum Gasteiger partial charge on any atom is 0.195 e. The summed E-state index contributed by atoms with van der Waals surface area (Å²) in [7, 11) is 0. The minimum Gasteiger partial charge on any atom is -0.380 e. The lowest BCUT2D eigenvalue weighted by Crippen LogP contribution is -2.08. The van der Waals surface area contributed by atoms with E-state index < -0.39 is 0 Å². The average Bonchev–Trinajstić information content (AvgIpc) is 2.67. The number of benzene rings is 3. The maximum atomic E-state index is 12.9. The minimum absolute atomic E-state index is 0.0184. The summed E-state index contributed by atoms with van der Waals surface area (Å²) in [6.07, 6.45) is 0.963. The van der Waals surface area contributed by atoms with Crippen molar-refractivity contribution in [3.8, 4) is 0 Å². The summed E-state index contributed by atoms with van der Waals surface area (Å²) in [4.78, 5) is 12.9. The largest absolute Gasteiger partial charge is 0.380 e. The fourth-order valence-electron chi connectivity index (χ4n) is 2.71. The van der Waals surface area contributed by atoms with E-state index >= 15 is 0 Å². The van der Waals surface area contributed by atoms with E-state index in [0.29, 0.717) is 22.7 Å². The van der Waals surface area contributed by atoms with Crippen LogP contribution in [0.3, 0.4) is 0 Å². The standard InChI is InChI=1S/C22H20ClNO/c1-2-16-11-13-17(14-12-16)22(25)19-8-4-6-10-21(19)24-15-18-7-3-5-9-20(18)23/h3-14,24H,2,15H2,1H3. The number of aryl methyl sites for hydroxylation is 1. The van der Waals surface area contributed by atoms with Crippen LogP contribution in [0.1, 0.15) is 34.0 Å². The number of para-hydroxylation sites is 1. The van der Waals surface area contributed by atoms with Crippen molar-refractivity contribution in [2.75, 3.05) is 5.32 Å². The molecule has 3 rings (SSSR count). The highest BCUT2D eigenvalue weighted by Crippen LogP contribution is 2.22. The minimum atomic E-state index is 0.0184. The average molecular weight is 350 g/mol. The summed E-state index contributed by atoms with van der Waals surface area (Å²) in [5.74, 6) is 0.0184. The Kier molecular flexibility index (Phi) is 5.52. The molecule has 0 saturated carbocycles. The van der Waals surface area contributed by atoms with Gasteiger partial charge in [-0.15, -0.1) is 0 Å². The number of ketones is 1. The number of nitrogens with one attached hydrogen (secondary N) is 1. The summed E-state index contributed by atoms with van der Waals surface area (Å²) < 4.78 is 0. The molecule has 0 atom stereocenters. The molecule has 0 bridgehead atoms. The predicted molar refractivity (Wildman–Crippen MR) is 104 cm³/mol. The van der Waals surface area contributed by atoms with Gasteiger partial charge in [0.15, 0.2) is 5.78 Å². The molecule has 0 aromatic heterocycles. The van der Waals surface area contributed by atoms with Crippen LogP contribution in [0, 0.1) is 0 Å². The Morgan fingerprint density at radius 3 is 2.32 bits per heavy atom. The quantitative estimate of drug-likeness (QED) is 0.574. The van der Waals surface area contributed by atoms with Crippen LogP contribution < -0.4 is 5.32 Å². The van der Waals surface area contributed by atoms with Crippen LogP contribution in [0.4, 0.5) is 5.69 Å². The molecule has 126 valence electrons. The van der Waals surface area contributed by atoms with E-state index in [1.54, 1.807) is 0 Å². The number of hydrogen-bond donors (Lipinski definition) is 1. The third-order valence-corrected chi connectivity index (χ3v) is 4.59. The maximum absolute atomic E-state index is 12.9. The SMILES string of the molecule is CCc1ccc(C(=O)c2ccccc2NCc2ccccc2Cl)cc1. The van der Waals surface area contributed by atoms with Gasteiger partial charge in [-0.05, 0) is 35.7 Å². The Hall–Kier alpha value is -2.58. The molecule has 3 aromatic carbocycles. The van der Waals surface area contributed by atoms with Gasteiger partial charge in [0.1, 0.15) is 0 Å². The van der Waals surface area contributed by atoms with Crippen molar-refractivity contribution in [1.29, 1.82) is 0 Å². The normalized spacial score (nSPS) is 10.5. The van der Waals surface area contributed by atoms with Crippen LogP contribution in [0.2, 0.25) is 5.02 Å². The molecule has 0 radical (unpaired) electrons. The van der Waals surface area contributed by atoms with E-state index in [9.17, 15) is 4.79 Å². The van der Waals surface area contributed by atoms with Gasteiger partial charge in [0.25, 0.3) is 0 Å². The molecule has 0 aliphatic carbocycles. The third-order valence-electron chi connectivity index (χ3n) is 4.22. The van der Waals surface area contributed by atoms with Gasteiger partial charge in [-0.25, -0.2) is 0 Å². The molecule has 0 fully saturated rings. The summed E-state index contributed by atoms with van der Waals surface area (Å²) >= 11 is 6.21. The van der Waals surface area contributed by atoms with Crippen LogP contribution >= 0.6 is 11.6 Å². The molecular weight excluding hydrogens is 330 g/mol. The Balaban J connectivity index is 1.82. The van der Waals surface area contributed by atoms with Gasteiger partial charge < -0.3 is 5.32 Å². The number of carbonyl (C=O) groups excluding carboxylic acids is 1. The number of anilines is 1. The van der Waals surface area contributed by atoms with Crippen molar-refractivity contribution in [2.45, 2.75) is 19.9 Å². The Bertz CT molecular complexity index is 871. The molecule has 0 unspecified atom stereocenters. The van der Waals surface area contributed by atoms with Gasteiger partial charge in [-0.1, -0.05) is 73.1 Å². The second-order valence-electron chi connectivity index (χ2n) is 5.87. The first-order chi connectivity index (χ1) is 12.2. The zero-order valence-corrected chi connectivity index (χ0v) is 14.9. The van der Waals surface area contributed by atoms with Crippen LogP contribution in [0.25, 0.3) is 0 Å². The highest BCUT2D eigenvalue weighted by Gasteiger charge is 2.13. The van der Waals surface area contributed by atoms with Crippen molar-refractivity contribution in [2.24, 2.45) is 0 Å². The Labute approximate surface area is 153 Å². The molecule has 25 heavy (non-hydrogen) atoms. The first kappa shape index (κ1) is 17.2. The van der Waals surface area contributed by atoms with E-state index in [1.165, 1.54) is 5.56 Å². The van der Waals surface area contributed by atoms with E-state index in [1.807, 2.05) is 72.8 Å². The topological polar surface area (TPSA) is 29.1 Å². The molecule has 3 aromatic rings. The van der Waals surface area contributed by atoms with Crippen LogP contribution in [0.5, 0.6) is 0 Å². The molecule has 1 N–H and O–H groups in total. The van der Waals surface area contributed by atoms with Crippen molar-refractivity contribution in [3.05, 3.63) is 100 Å². The zero-order chi connectivity index (χ0) is 17.6. The van der Waals surface area contributed by atoms with E-state index in [4.69, 9.17) is 11.6 Å². The first-order valence-corrected chi connectivity index (χ1v) is 8.76. The molecule has 0 heterocycles. The van der Waals surface area contributed by atoms with Crippen LogP contribution in [0.15, 0.2) is 72.8 Å². The van der Waals surface area contributed by atoms with E-state index in [2.05, 4.69) is 12.2 Å². The zero-order valence-electron chi connectivity index (χ0n) is 14.1. The van der Waals surface area contributed by atoms with Gasteiger partial charge in [0, 0.05) is 28.4 Å². The molecule has 0 aliphatic rings. The highest BCUT2D eigenvalue weighted by atomic mass is 35.5. The second kappa shape index (κ2) is 8.00. The van der Waals surface area contributed by atoms with Crippen LogP contribution in [-0.4, -0.2) is 5.78 Å². The van der Waals surface area contributed by atoms with Gasteiger partial charge in [0.05, 0.1) is 0 Å². The summed E-state index contributed by atoms with van der Waals surface area (Å²) in [6, 6.07) is 23.1. The van der Waals surface area contributed by atoms with Gasteiger partial charge in [-0.2, -0.15) is 0 Å². The molecule has 0 amide bonds. The molecule has 0 aliphatic heterocycles.